The van der Waals surface area contributed by atoms with E-state index in [1.807, 2.05) is 20.8 Å². The maximum atomic E-state index is 12.0. The van der Waals surface area contributed by atoms with E-state index in [1.54, 1.807) is 18.2 Å². The van der Waals surface area contributed by atoms with E-state index in [2.05, 4.69) is 0 Å². The highest BCUT2D eigenvalue weighted by atomic mass is 35.5. The van der Waals surface area contributed by atoms with Crippen molar-refractivity contribution in [1.82, 2.24) is 0 Å². The average molecular weight is 271 g/mol. The van der Waals surface area contributed by atoms with Gasteiger partial charge in [-0.15, -0.1) is 0 Å². The van der Waals surface area contributed by atoms with Gasteiger partial charge >= 0.3 is 0 Å². The van der Waals surface area contributed by atoms with Crippen LogP contribution >= 0.6 is 11.6 Å². The van der Waals surface area contributed by atoms with E-state index in [0.29, 0.717) is 16.3 Å². The second kappa shape index (κ2) is 5.72. The smallest absolute Gasteiger partial charge is 0.166 e. The molecule has 100 valence electrons. The number of benzene rings is 1. The van der Waals surface area contributed by atoms with Crippen LogP contribution in [0.15, 0.2) is 18.2 Å². The summed E-state index contributed by atoms with van der Waals surface area (Å²) in [4.78, 5) is 12.0. The monoisotopic (exact) mass is 270 g/mol. The number of halogens is 1. The van der Waals surface area contributed by atoms with Crippen LogP contribution in [0.25, 0.3) is 0 Å². The molecule has 0 saturated heterocycles. The topological polar surface area (TPSA) is 46.5 Å². The summed E-state index contributed by atoms with van der Waals surface area (Å²) in [7, 11) is 1.54. The Balaban J connectivity index is 2.91. The van der Waals surface area contributed by atoms with Gasteiger partial charge in [-0.05, 0) is 23.6 Å². The minimum Gasteiger partial charge on any atom is -0.496 e. The Hall–Kier alpha value is -1.06. The highest BCUT2D eigenvalue weighted by Gasteiger charge is 2.29. The van der Waals surface area contributed by atoms with Gasteiger partial charge in [0, 0.05) is 17.0 Å². The summed E-state index contributed by atoms with van der Waals surface area (Å²) in [6.45, 7) is 5.47. The fraction of sp³-hybridized carbons (Fsp3) is 0.500. The van der Waals surface area contributed by atoms with Gasteiger partial charge in [0.15, 0.2) is 5.78 Å². The SMILES string of the molecule is COc1ccc(Cl)cc1CC(=O)C(O)C(C)(C)C. The van der Waals surface area contributed by atoms with Crippen LogP contribution in [0.2, 0.25) is 5.02 Å². The molecule has 0 saturated carbocycles. The van der Waals surface area contributed by atoms with E-state index in [0.717, 1.165) is 0 Å². The molecule has 1 N–H and O–H groups in total. The van der Waals surface area contributed by atoms with Crippen molar-refractivity contribution in [3.63, 3.8) is 0 Å². The predicted octanol–water partition coefficient (Wildman–Crippen LogP) is 2.87. The molecule has 1 unspecified atom stereocenters. The Kier molecular flexibility index (Phi) is 4.77. The highest BCUT2D eigenvalue weighted by Crippen LogP contribution is 2.26. The fourth-order valence-corrected chi connectivity index (χ4v) is 1.85. The molecule has 0 aliphatic heterocycles. The predicted molar refractivity (Wildman–Crippen MR) is 72.2 cm³/mol. The summed E-state index contributed by atoms with van der Waals surface area (Å²) in [6, 6.07) is 5.11. The van der Waals surface area contributed by atoms with Crippen LogP contribution < -0.4 is 4.74 Å². The van der Waals surface area contributed by atoms with Crippen LogP contribution in [0.3, 0.4) is 0 Å². The van der Waals surface area contributed by atoms with Crippen molar-refractivity contribution in [3.05, 3.63) is 28.8 Å². The summed E-state index contributed by atoms with van der Waals surface area (Å²) in [5, 5.41) is 10.5. The molecule has 0 aliphatic rings. The number of carbonyl (C=O) groups is 1. The number of Topliss-reactive ketones (excluding diaryl/α,β-unsaturated/α-hetero) is 1. The third-order valence-corrected chi connectivity index (χ3v) is 2.97. The first-order chi connectivity index (χ1) is 8.25. The Labute approximate surface area is 113 Å². The third kappa shape index (κ3) is 3.72. The maximum Gasteiger partial charge on any atom is 0.166 e. The molecule has 0 amide bonds. The molecule has 3 nitrogen and oxygen atoms in total. The van der Waals surface area contributed by atoms with Gasteiger partial charge < -0.3 is 9.84 Å². The van der Waals surface area contributed by atoms with Crippen LogP contribution in [0.5, 0.6) is 5.75 Å². The second-order valence-electron chi connectivity index (χ2n) is 5.37. The van der Waals surface area contributed by atoms with Gasteiger partial charge in [0.1, 0.15) is 11.9 Å². The Bertz CT molecular complexity index is 435. The van der Waals surface area contributed by atoms with E-state index in [1.165, 1.54) is 7.11 Å². The summed E-state index contributed by atoms with van der Waals surface area (Å²) < 4.78 is 5.17. The van der Waals surface area contributed by atoms with Gasteiger partial charge in [-0.25, -0.2) is 0 Å². The normalized spacial score (nSPS) is 13.2. The Morgan fingerprint density at radius 3 is 2.56 bits per heavy atom. The van der Waals surface area contributed by atoms with E-state index in [-0.39, 0.29) is 12.2 Å². The lowest BCUT2D eigenvalue weighted by molar-refractivity contribution is -0.131. The highest BCUT2D eigenvalue weighted by molar-refractivity contribution is 6.30. The molecule has 0 bridgehead atoms. The lowest BCUT2D eigenvalue weighted by atomic mass is 9.85. The van der Waals surface area contributed by atoms with Crippen molar-refractivity contribution in [2.45, 2.75) is 33.3 Å². The summed E-state index contributed by atoms with van der Waals surface area (Å²) in [5.41, 5.74) is 0.224. The van der Waals surface area contributed by atoms with Gasteiger partial charge in [-0.3, -0.25) is 4.79 Å². The molecular weight excluding hydrogens is 252 g/mol. The van der Waals surface area contributed by atoms with Gasteiger partial charge in [0.25, 0.3) is 0 Å². The number of ketones is 1. The standard InChI is InChI=1S/C14H19ClO3/c1-14(2,3)13(17)11(16)8-9-7-10(15)5-6-12(9)18-4/h5-7,13,17H,8H2,1-4H3. The van der Waals surface area contributed by atoms with Crippen molar-refractivity contribution in [3.8, 4) is 5.75 Å². The molecule has 0 spiro atoms. The molecule has 0 fully saturated rings. The number of hydrogen-bond donors (Lipinski definition) is 1. The number of aliphatic hydroxyl groups is 1. The van der Waals surface area contributed by atoms with Crippen LogP contribution in [0.4, 0.5) is 0 Å². The lowest BCUT2D eigenvalue weighted by Crippen LogP contribution is -2.35. The quantitative estimate of drug-likeness (QED) is 0.915. The lowest BCUT2D eigenvalue weighted by Gasteiger charge is -2.24. The molecule has 0 aliphatic carbocycles. The first-order valence-electron chi connectivity index (χ1n) is 5.79. The first-order valence-corrected chi connectivity index (χ1v) is 6.16. The second-order valence-corrected chi connectivity index (χ2v) is 5.80. The van der Waals surface area contributed by atoms with Crippen LogP contribution in [-0.2, 0) is 11.2 Å². The summed E-state index contributed by atoms with van der Waals surface area (Å²) >= 11 is 5.90. The molecule has 1 aromatic rings. The first kappa shape index (κ1) is 15.0. The van der Waals surface area contributed by atoms with E-state index < -0.39 is 11.5 Å². The van der Waals surface area contributed by atoms with Crippen molar-refractivity contribution >= 4 is 17.4 Å². The summed E-state index contributed by atoms with van der Waals surface area (Å²) in [5.74, 6) is 0.372. The van der Waals surface area contributed by atoms with Crippen molar-refractivity contribution in [1.29, 1.82) is 0 Å². The minimum absolute atomic E-state index is 0.113. The average Bonchev–Trinajstić information content (AvgIpc) is 2.27. The number of hydrogen-bond acceptors (Lipinski definition) is 3. The van der Waals surface area contributed by atoms with Gasteiger partial charge in [-0.1, -0.05) is 32.4 Å². The number of rotatable bonds is 4. The fourth-order valence-electron chi connectivity index (χ4n) is 1.65. The molecule has 1 rings (SSSR count). The zero-order valence-electron chi connectivity index (χ0n) is 11.2. The molecule has 4 heteroatoms. The van der Waals surface area contributed by atoms with Crippen LogP contribution in [-0.4, -0.2) is 24.1 Å². The molecular formula is C14H19ClO3. The number of carbonyl (C=O) groups excluding carboxylic acids is 1. The van der Waals surface area contributed by atoms with Gasteiger partial charge in [0.2, 0.25) is 0 Å². The van der Waals surface area contributed by atoms with E-state index in [4.69, 9.17) is 16.3 Å². The molecule has 0 heterocycles. The largest absolute Gasteiger partial charge is 0.496 e. The molecule has 0 aromatic heterocycles. The molecule has 18 heavy (non-hydrogen) atoms. The van der Waals surface area contributed by atoms with E-state index >= 15 is 0 Å². The zero-order chi connectivity index (χ0) is 13.9. The van der Waals surface area contributed by atoms with Crippen LogP contribution in [0, 0.1) is 5.41 Å². The summed E-state index contributed by atoms with van der Waals surface area (Å²) in [6.07, 6.45) is -0.886. The molecule has 0 radical (unpaired) electrons. The van der Waals surface area contributed by atoms with Gasteiger partial charge in [0.05, 0.1) is 7.11 Å². The maximum absolute atomic E-state index is 12.0. The van der Waals surface area contributed by atoms with Crippen LogP contribution in [0.1, 0.15) is 26.3 Å². The number of methoxy groups -OCH3 is 1. The van der Waals surface area contributed by atoms with Crippen molar-refractivity contribution < 1.29 is 14.6 Å². The van der Waals surface area contributed by atoms with E-state index in [9.17, 15) is 9.90 Å². The van der Waals surface area contributed by atoms with Crippen molar-refractivity contribution in [2.75, 3.05) is 7.11 Å². The minimum atomic E-state index is -0.999. The molecule has 1 aromatic carbocycles. The number of ether oxygens (including phenoxy) is 1. The molecule has 1 atom stereocenters. The number of aliphatic hydroxyl groups excluding tert-OH is 1. The zero-order valence-corrected chi connectivity index (χ0v) is 11.9. The van der Waals surface area contributed by atoms with Gasteiger partial charge in [-0.2, -0.15) is 0 Å². The Morgan fingerprint density at radius 2 is 2.06 bits per heavy atom. The third-order valence-electron chi connectivity index (χ3n) is 2.73. The van der Waals surface area contributed by atoms with Crippen molar-refractivity contribution in [2.24, 2.45) is 5.41 Å². The Morgan fingerprint density at radius 1 is 1.44 bits per heavy atom.